The van der Waals surface area contributed by atoms with Gasteiger partial charge in [0.15, 0.2) is 0 Å². The van der Waals surface area contributed by atoms with E-state index in [1.165, 1.54) is 47.9 Å². The predicted molar refractivity (Wildman–Crippen MR) is 88.9 cm³/mol. The lowest BCUT2D eigenvalue weighted by Gasteiger charge is -2.36. The van der Waals surface area contributed by atoms with Crippen LogP contribution in [-0.2, 0) is 6.42 Å². The van der Waals surface area contributed by atoms with Crippen molar-refractivity contribution in [2.24, 2.45) is 11.8 Å². The Kier molecular flexibility index (Phi) is 6.37. The Balaban J connectivity index is 1.98. The lowest BCUT2D eigenvalue weighted by molar-refractivity contribution is 0.196. The fraction of sp³-hybridized carbons (Fsp3) is 0.750. The van der Waals surface area contributed by atoms with Gasteiger partial charge in [0.25, 0.3) is 0 Å². The molecule has 1 aliphatic rings. The Bertz CT molecular complexity index is 377. The first-order valence-electron chi connectivity index (χ1n) is 7.69. The van der Waals surface area contributed by atoms with E-state index in [0.29, 0.717) is 0 Å². The zero-order valence-electron chi connectivity index (χ0n) is 12.1. The summed E-state index contributed by atoms with van der Waals surface area (Å²) in [6.07, 6.45) is 8.23. The molecule has 0 bridgehead atoms. The molecule has 0 aliphatic heterocycles. The molecule has 3 unspecified atom stereocenters. The van der Waals surface area contributed by atoms with Crippen LogP contribution in [0, 0.1) is 11.8 Å². The second-order valence-corrected chi connectivity index (χ2v) is 7.74. The fourth-order valence-corrected chi connectivity index (χ4v) is 5.05. The van der Waals surface area contributed by atoms with E-state index in [4.69, 9.17) is 0 Å². The van der Waals surface area contributed by atoms with Gasteiger partial charge >= 0.3 is 0 Å². The summed E-state index contributed by atoms with van der Waals surface area (Å²) >= 11 is 5.48. The van der Waals surface area contributed by atoms with Crippen LogP contribution in [0.2, 0.25) is 0 Å². The van der Waals surface area contributed by atoms with Gasteiger partial charge in [0.2, 0.25) is 0 Å². The molecule has 3 heteroatoms. The van der Waals surface area contributed by atoms with Crippen molar-refractivity contribution in [1.29, 1.82) is 0 Å². The predicted octanol–water partition coefficient (Wildman–Crippen LogP) is 5.25. The van der Waals surface area contributed by atoms with Crippen molar-refractivity contribution in [1.82, 2.24) is 5.32 Å². The maximum Gasteiger partial charge on any atom is 0.0285 e. The van der Waals surface area contributed by atoms with Crippen LogP contribution in [0.1, 0.15) is 50.8 Å². The second-order valence-electron chi connectivity index (χ2n) is 5.83. The monoisotopic (exact) mass is 343 g/mol. The van der Waals surface area contributed by atoms with E-state index in [9.17, 15) is 0 Å². The van der Waals surface area contributed by atoms with Crippen LogP contribution in [0.3, 0.4) is 0 Å². The lowest BCUT2D eigenvalue weighted by atomic mass is 9.75. The molecular weight excluding hydrogens is 318 g/mol. The summed E-state index contributed by atoms with van der Waals surface area (Å²) in [5.41, 5.74) is 0. The van der Waals surface area contributed by atoms with Crippen molar-refractivity contribution in [3.63, 3.8) is 0 Å². The van der Waals surface area contributed by atoms with Gasteiger partial charge in [-0.15, -0.1) is 11.3 Å². The molecule has 3 atom stereocenters. The summed E-state index contributed by atoms with van der Waals surface area (Å²) in [5, 5.41) is 5.93. The van der Waals surface area contributed by atoms with Crippen molar-refractivity contribution >= 4 is 27.3 Å². The van der Waals surface area contributed by atoms with Crippen LogP contribution in [0.25, 0.3) is 0 Å². The molecular formula is C16H26BrNS. The molecule has 1 saturated carbocycles. The van der Waals surface area contributed by atoms with Crippen LogP contribution in [0.15, 0.2) is 15.9 Å². The molecule has 1 nitrogen and oxygen atoms in total. The standard InChI is InChI=1S/C16H26BrNS/c1-3-5-12-6-7-16(18-4-2)13(8-12)9-15-10-14(17)11-19-15/h10-13,16,18H,3-9H2,1-2H3. The van der Waals surface area contributed by atoms with Gasteiger partial charge in [-0.25, -0.2) is 0 Å². The zero-order chi connectivity index (χ0) is 13.7. The number of nitrogens with one attached hydrogen (secondary N) is 1. The first-order valence-corrected chi connectivity index (χ1v) is 9.36. The van der Waals surface area contributed by atoms with E-state index in [1.54, 1.807) is 0 Å². The largest absolute Gasteiger partial charge is 0.314 e. The second kappa shape index (κ2) is 7.80. The highest BCUT2D eigenvalue weighted by Gasteiger charge is 2.29. The number of rotatable bonds is 6. The summed E-state index contributed by atoms with van der Waals surface area (Å²) in [6.45, 7) is 5.66. The molecule has 1 aromatic rings. The van der Waals surface area contributed by atoms with Crippen LogP contribution in [0.5, 0.6) is 0 Å². The summed E-state index contributed by atoms with van der Waals surface area (Å²) in [5.74, 6) is 1.80. The molecule has 1 aromatic heterocycles. The third kappa shape index (κ3) is 4.57. The minimum absolute atomic E-state index is 0.735. The molecule has 1 fully saturated rings. The van der Waals surface area contributed by atoms with E-state index < -0.39 is 0 Å². The summed E-state index contributed by atoms with van der Waals surface area (Å²) in [7, 11) is 0. The van der Waals surface area contributed by atoms with Crippen LogP contribution < -0.4 is 5.32 Å². The van der Waals surface area contributed by atoms with Gasteiger partial charge in [-0.2, -0.15) is 0 Å². The first kappa shape index (κ1) is 15.5. The molecule has 2 rings (SSSR count). The van der Waals surface area contributed by atoms with Gasteiger partial charge in [-0.05, 0) is 66.1 Å². The number of hydrogen-bond acceptors (Lipinski definition) is 2. The van der Waals surface area contributed by atoms with Crippen LogP contribution >= 0.6 is 27.3 Å². The van der Waals surface area contributed by atoms with Crippen molar-refractivity contribution in [3.8, 4) is 0 Å². The molecule has 19 heavy (non-hydrogen) atoms. The summed E-state index contributed by atoms with van der Waals surface area (Å²) in [6, 6.07) is 3.04. The highest BCUT2D eigenvalue weighted by Crippen LogP contribution is 2.35. The number of hydrogen-bond donors (Lipinski definition) is 1. The summed E-state index contributed by atoms with van der Waals surface area (Å²) < 4.78 is 1.24. The van der Waals surface area contributed by atoms with E-state index in [-0.39, 0.29) is 0 Å². The van der Waals surface area contributed by atoms with E-state index >= 15 is 0 Å². The smallest absolute Gasteiger partial charge is 0.0285 e. The Hall–Kier alpha value is 0.140. The van der Waals surface area contributed by atoms with Gasteiger partial charge in [-0.3, -0.25) is 0 Å². The topological polar surface area (TPSA) is 12.0 Å². The Labute approximate surface area is 130 Å². The zero-order valence-corrected chi connectivity index (χ0v) is 14.5. The van der Waals surface area contributed by atoms with Gasteiger partial charge in [-0.1, -0.05) is 26.7 Å². The molecule has 0 radical (unpaired) electrons. The van der Waals surface area contributed by atoms with Crippen LogP contribution in [0.4, 0.5) is 0 Å². The van der Waals surface area contributed by atoms with Gasteiger partial charge in [0.1, 0.15) is 0 Å². The van der Waals surface area contributed by atoms with E-state index in [1.807, 2.05) is 11.3 Å². The third-order valence-electron chi connectivity index (χ3n) is 4.34. The van der Waals surface area contributed by atoms with Gasteiger partial charge in [0, 0.05) is 20.8 Å². The molecule has 0 amide bonds. The normalized spacial score (nSPS) is 27.6. The number of thiophene rings is 1. The van der Waals surface area contributed by atoms with Crippen molar-refractivity contribution in [2.45, 2.75) is 58.4 Å². The highest BCUT2D eigenvalue weighted by molar-refractivity contribution is 9.10. The van der Waals surface area contributed by atoms with Crippen LogP contribution in [-0.4, -0.2) is 12.6 Å². The van der Waals surface area contributed by atoms with E-state index in [0.717, 1.165) is 24.4 Å². The molecule has 1 aliphatic carbocycles. The van der Waals surface area contributed by atoms with Crippen molar-refractivity contribution in [2.75, 3.05) is 6.54 Å². The molecule has 1 heterocycles. The minimum Gasteiger partial charge on any atom is -0.314 e. The van der Waals surface area contributed by atoms with E-state index in [2.05, 4.69) is 46.5 Å². The third-order valence-corrected chi connectivity index (χ3v) is 6.06. The van der Waals surface area contributed by atoms with Crippen molar-refractivity contribution in [3.05, 3.63) is 20.8 Å². The Morgan fingerprint density at radius 1 is 1.37 bits per heavy atom. The lowest BCUT2D eigenvalue weighted by Crippen LogP contribution is -2.41. The Morgan fingerprint density at radius 2 is 2.21 bits per heavy atom. The molecule has 0 saturated heterocycles. The Morgan fingerprint density at radius 3 is 2.84 bits per heavy atom. The number of halogens is 1. The first-order chi connectivity index (χ1) is 9.22. The van der Waals surface area contributed by atoms with Gasteiger partial charge < -0.3 is 5.32 Å². The summed E-state index contributed by atoms with van der Waals surface area (Å²) in [4.78, 5) is 1.54. The maximum atomic E-state index is 3.72. The SMILES string of the molecule is CCCC1CCC(NCC)C(Cc2cc(Br)cs2)C1. The molecule has 108 valence electrons. The fourth-order valence-electron chi connectivity index (χ4n) is 3.51. The maximum absolute atomic E-state index is 3.72. The average Bonchev–Trinajstić information content (AvgIpc) is 2.79. The molecule has 0 spiro atoms. The van der Waals surface area contributed by atoms with Crippen molar-refractivity contribution < 1.29 is 0 Å². The highest BCUT2D eigenvalue weighted by atomic mass is 79.9. The quantitative estimate of drug-likeness (QED) is 0.743. The average molecular weight is 344 g/mol. The molecule has 1 N–H and O–H groups in total. The minimum atomic E-state index is 0.735. The molecule has 0 aromatic carbocycles. The van der Waals surface area contributed by atoms with Gasteiger partial charge in [0.05, 0.1) is 0 Å².